The summed E-state index contributed by atoms with van der Waals surface area (Å²) in [5.74, 6) is 1.07. The first-order valence-electron chi connectivity index (χ1n) is 39.7. The Morgan fingerprint density at radius 1 is 0.195 bits per heavy atom. The third-order valence-corrected chi connectivity index (χ3v) is 23.4. The first-order valence-corrected chi connectivity index (χ1v) is 39.7. The van der Waals surface area contributed by atoms with Gasteiger partial charge in [0.25, 0.3) is 0 Å². The average molecular weight is 1510 g/mol. The molecule has 0 aliphatic carbocycles. The Morgan fingerprint density at radius 3 is 0.805 bits per heavy atom. The molecular formula is C108H68N10. The third kappa shape index (κ3) is 11.5. The van der Waals surface area contributed by atoms with Gasteiger partial charge >= 0.3 is 0 Å². The predicted octanol–water partition coefficient (Wildman–Crippen LogP) is 27.0. The summed E-state index contributed by atoms with van der Waals surface area (Å²) < 4.78 is 9.12. The van der Waals surface area contributed by atoms with E-state index in [0.29, 0.717) is 45.5 Å². The van der Waals surface area contributed by atoms with Crippen LogP contribution >= 0.6 is 0 Å². The maximum absolute atomic E-state index is 12.4. The van der Waals surface area contributed by atoms with Crippen molar-refractivity contribution in [2.45, 2.75) is 13.8 Å². The first-order chi connectivity index (χ1) is 58.2. The molecule has 0 N–H and O–H groups in total. The topological polar surface area (TPSA) is 119 Å². The van der Waals surface area contributed by atoms with E-state index in [9.17, 15) is 10.5 Å². The molecular weight excluding hydrogens is 1440 g/mol. The fourth-order valence-corrected chi connectivity index (χ4v) is 18.0. The zero-order chi connectivity index (χ0) is 78.6. The van der Waals surface area contributed by atoms with Crippen molar-refractivity contribution in [1.29, 1.82) is 10.5 Å². The van der Waals surface area contributed by atoms with Crippen molar-refractivity contribution in [2.75, 3.05) is 0 Å². The highest BCUT2D eigenvalue weighted by molar-refractivity contribution is 6.16. The highest BCUT2D eigenvalue weighted by Crippen LogP contribution is 2.47. The van der Waals surface area contributed by atoms with Gasteiger partial charge in [-0.3, -0.25) is 0 Å². The zero-order valence-electron chi connectivity index (χ0n) is 64.3. The summed E-state index contributed by atoms with van der Waals surface area (Å²) in [5, 5.41) is 32.9. The lowest BCUT2D eigenvalue weighted by molar-refractivity contribution is 1.05. The summed E-state index contributed by atoms with van der Waals surface area (Å²) in [6.45, 7) is 4.01. The van der Waals surface area contributed by atoms with E-state index in [1.54, 1.807) is 0 Å². The summed E-state index contributed by atoms with van der Waals surface area (Å²) in [6.07, 6.45) is 0. The molecule has 550 valence electrons. The number of fused-ring (bicyclic) bond motifs is 12. The smallest absolute Gasteiger partial charge is 0.160 e. The summed E-state index contributed by atoms with van der Waals surface area (Å²) in [7, 11) is 0. The molecule has 0 aliphatic rings. The molecule has 16 aromatic carbocycles. The van der Waals surface area contributed by atoms with E-state index in [4.69, 9.17) is 19.9 Å². The van der Waals surface area contributed by atoms with Crippen LogP contribution in [0.3, 0.4) is 0 Å². The van der Waals surface area contributed by atoms with Gasteiger partial charge in [-0.25, -0.2) is 19.9 Å². The van der Waals surface area contributed by atoms with Crippen molar-refractivity contribution in [3.05, 3.63) is 399 Å². The number of nitrogens with zero attached hydrogens (tertiary/aromatic N) is 10. The normalized spacial score (nSPS) is 11.6. The Bertz CT molecular complexity index is 7860. The van der Waals surface area contributed by atoms with Crippen LogP contribution in [0.2, 0.25) is 0 Å². The van der Waals surface area contributed by atoms with Crippen molar-refractivity contribution < 1.29 is 0 Å². The van der Waals surface area contributed by atoms with E-state index in [1.165, 1.54) is 0 Å². The Kier molecular flexibility index (Phi) is 16.2. The SMILES string of the molecule is Cc1cc(C)nc(-c2cc(-n3c4ccccc4c4ccc(-c5ccccc5)cc43)c(C#N)c(-n3c4ccc(-c5ccc6c(c5)c5cc(-c7ccccc7)ccc5n6-c5cc(-c6nc(-c7ccccc7)cc(-c7ccccc7)n6)cc(-n6c7ccccc7c7cc(-c8ccccc8)ccc76)c5C#N)cc4c4ccc(-c5ccccc5)cc43)c2)n1. The number of benzene rings is 16. The van der Waals surface area contributed by atoms with Crippen LogP contribution in [0.5, 0.6) is 0 Å². The molecule has 22 aromatic rings. The number of hydrogen-bond acceptors (Lipinski definition) is 6. The molecule has 6 aromatic heterocycles. The van der Waals surface area contributed by atoms with E-state index in [0.717, 1.165) is 188 Å². The summed E-state index contributed by atoms with van der Waals surface area (Å²) in [6, 6.07) is 138. The van der Waals surface area contributed by atoms with Crippen molar-refractivity contribution in [2.24, 2.45) is 0 Å². The number of aryl methyl sites for hydroxylation is 2. The maximum atomic E-state index is 12.4. The van der Waals surface area contributed by atoms with E-state index in [-0.39, 0.29) is 0 Å². The van der Waals surface area contributed by atoms with Gasteiger partial charge in [0.2, 0.25) is 0 Å². The Hall–Kier alpha value is -16.1. The lowest BCUT2D eigenvalue weighted by atomic mass is 9.99. The molecule has 0 atom stereocenters. The molecule has 10 nitrogen and oxygen atoms in total. The summed E-state index contributed by atoms with van der Waals surface area (Å²) >= 11 is 0. The van der Waals surface area contributed by atoms with Crippen LogP contribution in [0.25, 0.3) is 211 Å². The first kappa shape index (κ1) is 68.6. The van der Waals surface area contributed by atoms with Crippen LogP contribution in [0.4, 0.5) is 0 Å². The number of nitriles is 2. The van der Waals surface area contributed by atoms with Gasteiger partial charge in [-0.1, -0.05) is 267 Å². The van der Waals surface area contributed by atoms with Crippen molar-refractivity contribution in [3.8, 4) is 136 Å². The van der Waals surface area contributed by atoms with Crippen LogP contribution < -0.4 is 0 Å². The molecule has 0 aliphatic heterocycles. The maximum Gasteiger partial charge on any atom is 0.160 e. The van der Waals surface area contributed by atoms with Gasteiger partial charge in [-0.05, 0) is 179 Å². The second-order valence-corrected chi connectivity index (χ2v) is 30.4. The molecule has 0 bridgehead atoms. The van der Waals surface area contributed by atoms with Gasteiger partial charge in [0.15, 0.2) is 11.6 Å². The third-order valence-electron chi connectivity index (χ3n) is 23.4. The monoisotopic (exact) mass is 1500 g/mol. The van der Waals surface area contributed by atoms with Crippen LogP contribution in [0, 0.1) is 36.5 Å². The van der Waals surface area contributed by atoms with Crippen molar-refractivity contribution in [3.63, 3.8) is 0 Å². The Balaban J connectivity index is 0.788. The molecule has 0 amide bonds. The van der Waals surface area contributed by atoms with Crippen LogP contribution in [0.1, 0.15) is 22.5 Å². The van der Waals surface area contributed by atoms with Gasteiger partial charge in [0.1, 0.15) is 23.3 Å². The Morgan fingerprint density at radius 2 is 0.449 bits per heavy atom. The number of rotatable bonds is 13. The zero-order valence-corrected chi connectivity index (χ0v) is 64.3. The minimum atomic E-state index is 0.472. The number of hydrogen-bond donors (Lipinski definition) is 0. The highest BCUT2D eigenvalue weighted by Gasteiger charge is 2.28. The highest BCUT2D eigenvalue weighted by atomic mass is 15.0. The second kappa shape index (κ2) is 27.9. The van der Waals surface area contributed by atoms with Gasteiger partial charge in [-0.15, -0.1) is 0 Å². The van der Waals surface area contributed by atoms with Gasteiger partial charge < -0.3 is 18.3 Å². The molecule has 6 heterocycles. The fraction of sp³-hybridized carbons (Fsp3) is 0.0185. The fourth-order valence-electron chi connectivity index (χ4n) is 18.0. The van der Waals surface area contributed by atoms with Crippen molar-refractivity contribution in [1.82, 2.24) is 38.2 Å². The molecule has 0 saturated carbocycles. The molecule has 118 heavy (non-hydrogen) atoms. The number of aromatic nitrogens is 8. The second-order valence-electron chi connectivity index (χ2n) is 30.4. The van der Waals surface area contributed by atoms with Crippen LogP contribution in [0.15, 0.2) is 376 Å². The van der Waals surface area contributed by atoms with E-state index in [1.807, 2.05) is 74.5 Å². The van der Waals surface area contributed by atoms with Gasteiger partial charge in [-0.2, -0.15) is 10.5 Å². The Labute approximate surface area is 679 Å². The van der Waals surface area contributed by atoms with Crippen LogP contribution in [-0.4, -0.2) is 38.2 Å². The molecule has 0 unspecified atom stereocenters. The molecule has 10 heteroatoms. The summed E-state index contributed by atoms with van der Waals surface area (Å²) in [4.78, 5) is 21.3. The summed E-state index contributed by atoms with van der Waals surface area (Å²) in [5.41, 5.74) is 28.4. The quantitative estimate of drug-likeness (QED) is 0.113. The minimum Gasteiger partial charge on any atom is -0.308 e. The van der Waals surface area contributed by atoms with Gasteiger partial charge in [0, 0.05) is 76.7 Å². The molecule has 0 spiro atoms. The van der Waals surface area contributed by atoms with Gasteiger partial charge in [0.05, 0.1) is 78.3 Å². The van der Waals surface area contributed by atoms with E-state index < -0.39 is 0 Å². The van der Waals surface area contributed by atoms with E-state index in [2.05, 4.69) is 346 Å². The predicted molar refractivity (Wildman–Crippen MR) is 483 cm³/mol. The lowest BCUT2D eigenvalue weighted by Gasteiger charge is -2.19. The van der Waals surface area contributed by atoms with Crippen LogP contribution in [-0.2, 0) is 0 Å². The molecule has 22 rings (SSSR count). The molecule has 0 saturated heterocycles. The largest absolute Gasteiger partial charge is 0.308 e. The van der Waals surface area contributed by atoms with Crippen molar-refractivity contribution >= 4 is 87.2 Å². The lowest BCUT2D eigenvalue weighted by Crippen LogP contribution is -2.06. The minimum absolute atomic E-state index is 0.472. The number of para-hydroxylation sites is 2. The molecule has 0 radical (unpaired) electrons. The average Bonchev–Trinajstić information content (AvgIpc) is 1.55. The molecule has 0 fully saturated rings. The standard InChI is InChI=1S/C108H68N10/c1-67-53-68(2)112-107(111-67)81-60-105(117-95-39-23-21-37-83(95)85-47-41-79(58-101(85)117)71-29-13-5-14-30-71)92(66-110)106(61-81)118-98-51-45-77(56-88(98)86-48-42-80(59-102(86)118)72-31-15-6-16-32-72)78-46-52-100-90(57-78)89-55-76(70-27-11-4-12-28-70)44-50-99(89)116(100)104-63-82(108-113-93(73-33-17-7-18-34-73)64-94(114-108)74-35-19-8-20-36-74)62-103(91(104)65-109)115-96-40-24-22-38-84(96)87-54-75(43-49-97(87)115)69-25-9-3-10-26-69/h3-64H,1-2H3. The van der Waals surface area contributed by atoms with E-state index >= 15 is 0 Å².